The zero-order valence-electron chi connectivity index (χ0n) is 10.8. The molecule has 96 valence electrons. The fraction of sp³-hybridized carbons (Fsp3) is 0.917. The number of nitrogens with two attached hydrogens (primary N) is 1. The van der Waals surface area contributed by atoms with Crippen molar-refractivity contribution in [2.24, 2.45) is 11.1 Å². The molecule has 1 amide bonds. The molecule has 0 bridgehead atoms. The maximum absolute atomic E-state index is 11.6. The highest BCUT2D eigenvalue weighted by molar-refractivity contribution is 5.81. The summed E-state index contributed by atoms with van der Waals surface area (Å²) in [7, 11) is 0. The van der Waals surface area contributed by atoms with E-state index in [9.17, 15) is 9.90 Å². The van der Waals surface area contributed by atoms with Gasteiger partial charge < -0.3 is 16.2 Å². The molecule has 0 saturated heterocycles. The summed E-state index contributed by atoms with van der Waals surface area (Å²) < 4.78 is 0. The van der Waals surface area contributed by atoms with Gasteiger partial charge in [0.05, 0.1) is 12.6 Å². The lowest BCUT2D eigenvalue weighted by Crippen LogP contribution is -2.46. The Bertz CT molecular complexity index is 195. The van der Waals surface area contributed by atoms with Crippen molar-refractivity contribution in [2.75, 3.05) is 13.2 Å². The predicted octanol–water partition coefficient (Wildman–Crippen LogP) is 1.03. The van der Waals surface area contributed by atoms with Crippen LogP contribution in [0.2, 0.25) is 0 Å². The van der Waals surface area contributed by atoms with Crippen LogP contribution in [0, 0.1) is 5.41 Å². The van der Waals surface area contributed by atoms with E-state index in [-0.39, 0.29) is 17.9 Å². The van der Waals surface area contributed by atoms with Crippen molar-refractivity contribution in [2.45, 2.75) is 52.5 Å². The third-order valence-corrected chi connectivity index (χ3v) is 3.41. The zero-order valence-corrected chi connectivity index (χ0v) is 10.8. The minimum Gasteiger partial charge on any atom is -0.396 e. The average molecular weight is 230 g/mol. The maximum Gasteiger partial charge on any atom is 0.236 e. The van der Waals surface area contributed by atoms with Gasteiger partial charge in [-0.1, -0.05) is 27.2 Å². The number of hydrogen-bond donors (Lipinski definition) is 3. The van der Waals surface area contributed by atoms with E-state index in [0.717, 1.165) is 19.3 Å². The number of carbonyl (C=O) groups excluding carboxylic acids is 1. The quantitative estimate of drug-likeness (QED) is 0.583. The molecule has 0 saturated carbocycles. The fourth-order valence-electron chi connectivity index (χ4n) is 1.63. The van der Waals surface area contributed by atoms with Crippen molar-refractivity contribution in [1.29, 1.82) is 0 Å². The molecule has 0 aromatic heterocycles. The van der Waals surface area contributed by atoms with Gasteiger partial charge in [-0.3, -0.25) is 4.79 Å². The smallest absolute Gasteiger partial charge is 0.236 e. The van der Waals surface area contributed by atoms with E-state index in [1.165, 1.54) is 0 Å². The second-order valence-electron chi connectivity index (χ2n) is 4.48. The van der Waals surface area contributed by atoms with Gasteiger partial charge in [-0.25, -0.2) is 0 Å². The van der Waals surface area contributed by atoms with Crippen LogP contribution in [-0.2, 0) is 4.79 Å². The zero-order chi connectivity index (χ0) is 12.6. The van der Waals surface area contributed by atoms with Crippen LogP contribution in [0.25, 0.3) is 0 Å². The number of amides is 1. The standard InChI is InChI=1S/C12H26N2O2/c1-4-7-10(13)11(16)14-8-12(5-2,6-3)9-15/h10,15H,4-9,13H2,1-3H3,(H,14,16)/t10-/m1/s1. The Morgan fingerprint density at radius 3 is 2.31 bits per heavy atom. The van der Waals surface area contributed by atoms with E-state index in [1.54, 1.807) is 0 Å². The van der Waals surface area contributed by atoms with Crippen molar-refractivity contribution < 1.29 is 9.90 Å². The van der Waals surface area contributed by atoms with Crippen molar-refractivity contribution in [3.8, 4) is 0 Å². The van der Waals surface area contributed by atoms with Crippen LogP contribution in [0.15, 0.2) is 0 Å². The first kappa shape index (κ1) is 15.4. The molecule has 0 heterocycles. The van der Waals surface area contributed by atoms with E-state index in [0.29, 0.717) is 13.0 Å². The highest BCUT2D eigenvalue weighted by atomic mass is 16.3. The molecule has 0 aromatic carbocycles. The summed E-state index contributed by atoms with van der Waals surface area (Å²) in [5.41, 5.74) is 5.51. The average Bonchev–Trinajstić information content (AvgIpc) is 2.31. The SMILES string of the molecule is CCC[C@@H](N)C(=O)NCC(CC)(CC)CO. The molecule has 4 heteroatoms. The van der Waals surface area contributed by atoms with E-state index < -0.39 is 6.04 Å². The first-order valence-corrected chi connectivity index (χ1v) is 6.19. The largest absolute Gasteiger partial charge is 0.396 e. The number of aliphatic hydroxyl groups excluding tert-OH is 1. The monoisotopic (exact) mass is 230 g/mol. The topological polar surface area (TPSA) is 75.4 Å². The Labute approximate surface area is 98.6 Å². The number of nitrogens with one attached hydrogen (secondary N) is 1. The van der Waals surface area contributed by atoms with E-state index in [2.05, 4.69) is 5.32 Å². The summed E-state index contributed by atoms with van der Waals surface area (Å²) in [6, 6.07) is -0.421. The Hall–Kier alpha value is -0.610. The number of hydrogen-bond acceptors (Lipinski definition) is 3. The molecule has 0 fully saturated rings. The van der Waals surface area contributed by atoms with Crippen LogP contribution in [0.1, 0.15) is 46.5 Å². The van der Waals surface area contributed by atoms with E-state index >= 15 is 0 Å². The van der Waals surface area contributed by atoms with E-state index in [4.69, 9.17) is 5.73 Å². The Morgan fingerprint density at radius 2 is 1.94 bits per heavy atom. The highest BCUT2D eigenvalue weighted by Gasteiger charge is 2.26. The predicted molar refractivity (Wildman–Crippen MR) is 66.0 cm³/mol. The summed E-state index contributed by atoms with van der Waals surface area (Å²) >= 11 is 0. The van der Waals surface area contributed by atoms with Crippen molar-refractivity contribution in [1.82, 2.24) is 5.32 Å². The number of aliphatic hydroxyl groups is 1. The summed E-state index contributed by atoms with van der Waals surface area (Å²) in [5, 5.41) is 12.2. The van der Waals surface area contributed by atoms with Crippen LogP contribution < -0.4 is 11.1 Å². The third kappa shape index (κ3) is 4.49. The molecule has 0 rings (SSSR count). The lowest BCUT2D eigenvalue weighted by Gasteiger charge is -2.30. The van der Waals surface area contributed by atoms with Gasteiger partial charge >= 0.3 is 0 Å². The van der Waals surface area contributed by atoms with Gasteiger partial charge in [0.1, 0.15) is 0 Å². The summed E-state index contributed by atoms with van der Waals surface area (Å²) in [6.07, 6.45) is 3.31. The first-order valence-electron chi connectivity index (χ1n) is 6.19. The lowest BCUT2D eigenvalue weighted by atomic mass is 9.83. The van der Waals surface area contributed by atoms with Crippen LogP contribution in [0.4, 0.5) is 0 Å². The Kier molecular flexibility index (Phi) is 7.34. The molecule has 0 aliphatic heterocycles. The minimum atomic E-state index is -0.421. The van der Waals surface area contributed by atoms with Gasteiger partial charge in [-0.15, -0.1) is 0 Å². The molecular weight excluding hydrogens is 204 g/mol. The maximum atomic E-state index is 11.6. The second kappa shape index (κ2) is 7.63. The van der Waals surface area contributed by atoms with Gasteiger partial charge in [0.2, 0.25) is 5.91 Å². The van der Waals surface area contributed by atoms with E-state index in [1.807, 2.05) is 20.8 Å². The molecule has 0 aromatic rings. The molecule has 4 nitrogen and oxygen atoms in total. The molecule has 0 aliphatic rings. The van der Waals surface area contributed by atoms with Crippen LogP contribution >= 0.6 is 0 Å². The lowest BCUT2D eigenvalue weighted by molar-refractivity contribution is -0.123. The molecule has 0 spiro atoms. The van der Waals surface area contributed by atoms with Crippen molar-refractivity contribution in [3.05, 3.63) is 0 Å². The second-order valence-corrected chi connectivity index (χ2v) is 4.48. The summed E-state index contributed by atoms with van der Waals surface area (Å²) in [6.45, 7) is 6.66. The first-order chi connectivity index (χ1) is 7.55. The molecule has 0 radical (unpaired) electrons. The van der Waals surface area contributed by atoms with Crippen LogP contribution in [0.5, 0.6) is 0 Å². The van der Waals surface area contributed by atoms with Gasteiger partial charge in [-0.2, -0.15) is 0 Å². The molecule has 4 N–H and O–H groups in total. The molecular formula is C12H26N2O2. The molecule has 0 unspecified atom stereocenters. The van der Waals surface area contributed by atoms with Gasteiger partial charge in [0, 0.05) is 12.0 Å². The Balaban J connectivity index is 4.15. The molecule has 0 aliphatic carbocycles. The summed E-state index contributed by atoms with van der Waals surface area (Å²) in [4.78, 5) is 11.6. The minimum absolute atomic E-state index is 0.100. The van der Waals surface area contributed by atoms with Crippen LogP contribution in [-0.4, -0.2) is 30.2 Å². The highest BCUT2D eigenvalue weighted by Crippen LogP contribution is 2.24. The molecule has 16 heavy (non-hydrogen) atoms. The normalized spacial score (nSPS) is 13.6. The third-order valence-electron chi connectivity index (χ3n) is 3.41. The van der Waals surface area contributed by atoms with Gasteiger partial charge in [0.15, 0.2) is 0 Å². The number of rotatable bonds is 8. The summed E-state index contributed by atoms with van der Waals surface area (Å²) in [5.74, 6) is -0.110. The fourth-order valence-corrected chi connectivity index (χ4v) is 1.63. The van der Waals surface area contributed by atoms with Gasteiger partial charge in [-0.05, 0) is 19.3 Å². The van der Waals surface area contributed by atoms with Crippen molar-refractivity contribution in [3.63, 3.8) is 0 Å². The van der Waals surface area contributed by atoms with Crippen LogP contribution in [0.3, 0.4) is 0 Å². The number of carbonyl (C=O) groups is 1. The molecule has 1 atom stereocenters. The van der Waals surface area contributed by atoms with Gasteiger partial charge in [0.25, 0.3) is 0 Å². The Morgan fingerprint density at radius 1 is 1.38 bits per heavy atom. The van der Waals surface area contributed by atoms with Crippen molar-refractivity contribution >= 4 is 5.91 Å².